The first kappa shape index (κ1) is 24.9. The fourth-order valence-corrected chi connectivity index (χ4v) is 2.67. The van der Waals surface area contributed by atoms with Gasteiger partial charge in [0.1, 0.15) is 6.17 Å². The maximum Gasteiger partial charge on any atom is 0.270 e. The lowest BCUT2D eigenvalue weighted by Crippen LogP contribution is -2.56. The molecule has 0 aromatic heterocycles. The van der Waals surface area contributed by atoms with E-state index in [1.165, 1.54) is 18.2 Å². The highest BCUT2D eigenvalue weighted by atomic mass is 35.6. The first-order valence-electron chi connectivity index (χ1n) is 7.82. The van der Waals surface area contributed by atoms with E-state index in [-0.39, 0.29) is 21.8 Å². The van der Waals surface area contributed by atoms with E-state index in [1.807, 2.05) is 31.2 Å². The summed E-state index contributed by atoms with van der Waals surface area (Å²) in [4.78, 5) is 22.7. The van der Waals surface area contributed by atoms with E-state index in [1.54, 1.807) is 0 Å². The number of carbonyl (C=O) groups excluding carboxylic acids is 1. The molecular formula is C17H17Cl3N4O4S. The number of non-ortho nitro benzene ring substituents is 1. The molecule has 0 saturated carbocycles. The Morgan fingerprint density at radius 2 is 1.76 bits per heavy atom. The SMILES string of the molecule is Cc1ccc(NC(=S)NC(NC(=O)c2cccc([N+](=O)[O-])c2)C(Cl)(Cl)Cl)cc1.O. The molecule has 0 bridgehead atoms. The van der Waals surface area contributed by atoms with Crippen LogP contribution in [0.5, 0.6) is 0 Å². The largest absolute Gasteiger partial charge is 0.412 e. The summed E-state index contributed by atoms with van der Waals surface area (Å²) in [7, 11) is 0. The molecule has 0 saturated heterocycles. The van der Waals surface area contributed by atoms with E-state index in [9.17, 15) is 14.9 Å². The number of halogens is 3. The quantitative estimate of drug-likeness (QED) is 0.198. The van der Waals surface area contributed by atoms with Crippen LogP contribution in [0.4, 0.5) is 11.4 Å². The molecule has 5 N–H and O–H groups in total. The number of aryl methyl sites for hydroxylation is 1. The van der Waals surface area contributed by atoms with Crippen molar-refractivity contribution in [2.24, 2.45) is 0 Å². The van der Waals surface area contributed by atoms with Crippen LogP contribution >= 0.6 is 47.0 Å². The number of nitro groups is 1. The maximum atomic E-state index is 12.4. The molecule has 1 amide bonds. The molecule has 0 fully saturated rings. The predicted octanol–water partition coefficient (Wildman–Crippen LogP) is 3.49. The van der Waals surface area contributed by atoms with Crippen molar-refractivity contribution in [2.75, 3.05) is 5.32 Å². The summed E-state index contributed by atoms with van der Waals surface area (Å²) in [5, 5.41) is 19.1. The standard InChI is InChI=1S/C17H15Cl3N4O3S.H2O/c1-10-5-7-12(8-6-10)21-16(28)23-15(17(18,19)20)22-14(25)11-3-2-4-13(9-11)24(26)27;/h2-9,15H,1H3,(H,22,25)(H2,21,23,28);1H2. The zero-order chi connectivity index (χ0) is 20.9. The fourth-order valence-electron chi connectivity index (χ4n) is 2.11. The van der Waals surface area contributed by atoms with Crippen LogP contribution in [0.3, 0.4) is 0 Å². The van der Waals surface area contributed by atoms with Gasteiger partial charge < -0.3 is 21.4 Å². The van der Waals surface area contributed by atoms with Crippen LogP contribution in [0.1, 0.15) is 15.9 Å². The molecule has 1 unspecified atom stereocenters. The summed E-state index contributed by atoms with van der Waals surface area (Å²) in [6.07, 6.45) is -1.20. The number of anilines is 1. The molecular weight excluding hydrogens is 463 g/mol. The molecule has 2 aromatic rings. The molecule has 0 aliphatic rings. The molecule has 0 radical (unpaired) electrons. The Morgan fingerprint density at radius 3 is 2.31 bits per heavy atom. The summed E-state index contributed by atoms with van der Waals surface area (Å²) < 4.78 is -1.95. The van der Waals surface area contributed by atoms with E-state index in [4.69, 9.17) is 47.0 Å². The molecule has 12 heteroatoms. The second-order valence-corrected chi connectivity index (χ2v) is 8.50. The van der Waals surface area contributed by atoms with Gasteiger partial charge in [-0.15, -0.1) is 0 Å². The van der Waals surface area contributed by atoms with Crippen molar-refractivity contribution in [3.05, 3.63) is 69.8 Å². The molecule has 156 valence electrons. The minimum atomic E-state index is -1.95. The lowest BCUT2D eigenvalue weighted by Gasteiger charge is -2.27. The summed E-state index contributed by atoms with van der Waals surface area (Å²) in [6.45, 7) is 1.95. The highest BCUT2D eigenvalue weighted by Crippen LogP contribution is 2.29. The van der Waals surface area contributed by atoms with Gasteiger partial charge in [0.15, 0.2) is 5.11 Å². The van der Waals surface area contributed by atoms with Crippen LogP contribution in [-0.2, 0) is 0 Å². The third-order valence-electron chi connectivity index (χ3n) is 3.51. The van der Waals surface area contributed by atoms with Crippen LogP contribution in [0.2, 0.25) is 0 Å². The number of nitrogens with one attached hydrogen (secondary N) is 3. The van der Waals surface area contributed by atoms with Crippen LogP contribution in [-0.4, -0.2) is 31.4 Å². The molecule has 8 nitrogen and oxygen atoms in total. The molecule has 0 spiro atoms. The third kappa shape index (κ3) is 7.64. The smallest absolute Gasteiger partial charge is 0.270 e. The molecule has 2 aromatic carbocycles. The fraction of sp³-hybridized carbons (Fsp3) is 0.176. The molecule has 0 aliphatic carbocycles. The monoisotopic (exact) mass is 478 g/mol. The van der Waals surface area contributed by atoms with Gasteiger partial charge in [-0.25, -0.2) is 0 Å². The number of hydrogen-bond donors (Lipinski definition) is 3. The van der Waals surface area contributed by atoms with Crippen LogP contribution in [0.25, 0.3) is 0 Å². The number of rotatable bonds is 5. The van der Waals surface area contributed by atoms with Crippen molar-refractivity contribution < 1.29 is 15.2 Å². The number of carbonyl (C=O) groups is 1. The Bertz CT molecular complexity index is 891. The van der Waals surface area contributed by atoms with Crippen molar-refractivity contribution in [3.63, 3.8) is 0 Å². The van der Waals surface area contributed by atoms with E-state index < -0.39 is 20.8 Å². The Morgan fingerprint density at radius 1 is 1.14 bits per heavy atom. The van der Waals surface area contributed by atoms with E-state index in [2.05, 4.69) is 16.0 Å². The number of nitrogens with zero attached hydrogens (tertiary/aromatic N) is 1. The number of nitro benzene ring substituents is 1. The molecule has 0 heterocycles. The number of hydrogen-bond acceptors (Lipinski definition) is 4. The van der Waals surface area contributed by atoms with E-state index in [0.29, 0.717) is 5.69 Å². The van der Waals surface area contributed by atoms with Gasteiger partial charge in [-0.1, -0.05) is 58.6 Å². The van der Waals surface area contributed by atoms with E-state index in [0.717, 1.165) is 11.6 Å². The van der Waals surface area contributed by atoms with E-state index >= 15 is 0 Å². The molecule has 0 aliphatic heterocycles. The zero-order valence-corrected chi connectivity index (χ0v) is 18.0. The lowest BCUT2D eigenvalue weighted by molar-refractivity contribution is -0.384. The minimum Gasteiger partial charge on any atom is -0.412 e. The number of benzene rings is 2. The molecule has 29 heavy (non-hydrogen) atoms. The first-order valence-corrected chi connectivity index (χ1v) is 9.36. The average molecular weight is 480 g/mol. The summed E-state index contributed by atoms with van der Waals surface area (Å²) in [5.41, 5.74) is 1.58. The van der Waals surface area contributed by atoms with Crippen LogP contribution < -0.4 is 16.0 Å². The first-order chi connectivity index (χ1) is 13.1. The number of amides is 1. The van der Waals surface area contributed by atoms with Crippen LogP contribution in [0, 0.1) is 17.0 Å². The Kier molecular flexibility index (Phi) is 9.06. The molecule has 2 rings (SSSR count). The minimum absolute atomic E-state index is 0. The zero-order valence-electron chi connectivity index (χ0n) is 14.9. The van der Waals surface area contributed by atoms with Crippen molar-refractivity contribution in [1.29, 1.82) is 0 Å². The van der Waals surface area contributed by atoms with Crippen molar-refractivity contribution in [2.45, 2.75) is 16.9 Å². The summed E-state index contributed by atoms with van der Waals surface area (Å²) in [6, 6.07) is 12.6. The van der Waals surface area contributed by atoms with Gasteiger partial charge >= 0.3 is 0 Å². The molecule has 1 atom stereocenters. The second-order valence-electron chi connectivity index (χ2n) is 5.72. The third-order valence-corrected chi connectivity index (χ3v) is 4.38. The summed E-state index contributed by atoms with van der Waals surface area (Å²) >= 11 is 23.0. The van der Waals surface area contributed by atoms with Gasteiger partial charge in [0.25, 0.3) is 11.6 Å². The van der Waals surface area contributed by atoms with Gasteiger partial charge in [0.05, 0.1) is 4.92 Å². The normalized spacial score (nSPS) is 11.6. The van der Waals surface area contributed by atoms with Gasteiger partial charge in [-0.05, 0) is 37.3 Å². The topological polar surface area (TPSA) is 128 Å². The number of thiocarbonyl (C=S) groups is 1. The van der Waals surface area contributed by atoms with Gasteiger partial charge in [0.2, 0.25) is 3.79 Å². The second kappa shape index (κ2) is 10.6. The van der Waals surface area contributed by atoms with Crippen molar-refractivity contribution >= 4 is 69.4 Å². The van der Waals surface area contributed by atoms with Crippen molar-refractivity contribution in [1.82, 2.24) is 10.6 Å². The van der Waals surface area contributed by atoms with Gasteiger partial charge in [-0.2, -0.15) is 0 Å². The number of alkyl halides is 3. The highest BCUT2D eigenvalue weighted by Gasteiger charge is 2.35. The van der Waals surface area contributed by atoms with Gasteiger partial charge in [0, 0.05) is 23.4 Å². The summed E-state index contributed by atoms with van der Waals surface area (Å²) in [5.74, 6) is -0.675. The lowest BCUT2D eigenvalue weighted by atomic mass is 10.2. The highest BCUT2D eigenvalue weighted by molar-refractivity contribution is 7.80. The Balaban J connectivity index is 0.00000420. The van der Waals surface area contributed by atoms with Crippen LogP contribution in [0.15, 0.2) is 48.5 Å². The maximum absolute atomic E-state index is 12.4. The van der Waals surface area contributed by atoms with Gasteiger partial charge in [-0.3, -0.25) is 14.9 Å². The average Bonchev–Trinajstić information content (AvgIpc) is 2.62. The Hall–Kier alpha value is -2.17. The Labute approximate surface area is 187 Å². The predicted molar refractivity (Wildman–Crippen MR) is 119 cm³/mol. The van der Waals surface area contributed by atoms with Crippen molar-refractivity contribution in [3.8, 4) is 0 Å².